The van der Waals surface area contributed by atoms with Crippen molar-refractivity contribution < 1.29 is 4.79 Å². The lowest BCUT2D eigenvalue weighted by Crippen LogP contribution is -2.57. The lowest BCUT2D eigenvalue weighted by molar-refractivity contribution is -0.132. The maximum Gasteiger partial charge on any atom is 0.227 e. The first kappa shape index (κ1) is 14.8. The van der Waals surface area contributed by atoms with Gasteiger partial charge in [-0.15, -0.1) is 0 Å². The first-order valence-electron chi connectivity index (χ1n) is 5.21. The average Bonchev–Trinajstić information content (AvgIpc) is 2.02. The minimum atomic E-state index is -0.556. The molecule has 0 aromatic rings. The number of hydrogen-bond donors (Lipinski definition) is 2. The molecular weight excluding hydrogens is 208 g/mol. The molecule has 15 heavy (non-hydrogen) atoms. The van der Waals surface area contributed by atoms with Gasteiger partial charge in [0.2, 0.25) is 5.91 Å². The normalized spacial score (nSPS) is 14.9. The summed E-state index contributed by atoms with van der Waals surface area (Å²) in [6, 6.07) is 0.189. The van der Waals surface area contributed by atoms with Gasteiger partial charge in [0.25, 0.3) is 0 Å². The van der Waals surface area contributed by atoms with E-state index in [4.69, 9.17) is 5.73 Å². The number of nitrogens with two attached hydrogens (primary N) is 1. The summed E-state index contributed by atoms with van der Waals surface area (Å²) >= 11 is 1.72. The monoisotopic (exact) mass is 232 g/mol. The van der Waals surface area contributed by atoms with Crippen molar-refractivity contribution in [3.63, 3.8) is 0 Å². The molecule has 3 N–H and O–H groups in total. The molecule has 3 nitrogen and oxygen atoms in total. The lowest BCUT2D eigenvalue weighted by Gasteiger charge is -2.37. The summed E-state index contributed by atoms with van der Waals surface area (Å²) in [7, 11) is 0. The van der Waals surface area contributed by atoms with Crippen molar-refractivity contribution in [2.45, 2.75) is 46.2 Å². The molecule has 4 heteroatoms. The zero-order valence-corrected chi connectivity index (χ0v) is 11.5. The zero-order valence-electron chi connectivity index (χ0n) is 10.7. The molecule has 0 rings (SSSR count). The molecule has 90 valence electrons. The highest BCUT2D eigenvalue weighted by atomic mass is 32.2. The van der Waals surface area contributed by atoms with E-state index >= 15 is 0 Å². The van der Waals surface area contributed by atoms with Crippen molar-refractivity contribution in [2.75, 3.05) is 12.0 Å². The van der Waals surface area contributed by atoms with E-state index in [1.54, 1.807) is 11.8 Å². The first-order chi connectivity index (χ1) is 6.63. The van der Waals surface area contributed by atoms with Crippen LogP contribution in [-0.4, -0.2) is 29.5 Å². The van der Waals surface area contributed by atoms with Crippen molar-refractivity contribution in [2.24, 2.45) is 11.1 Å². The predicted octanol–water partition coefficient (Wildman–Crippen LogP) is 1.62. The third-order valence-corrected chi connectivity index (χ3v) is 3.81. The molecule has 0 aliphatic carbocycles. The fourth-order valence-electron chi connectivity index (χ4n) is 0.988. The number of carbonyl (C=O) groups is 1. The Bertz CT molecular complexity index is 221. The Balaban J connectivity index is 4.45. The molecule has 0 aliphatic heterocycles. The quantitative estimate of drug-likeness (QED) is 0.757. The van der Waals surface area contributed by atoms with Gasteiger partial charge in [-0.1, -0.05) is 0 Å². The second-order valence-electron chi connectivity index (χ2n) is 5.18. The fourth-order valence-corrected chi connectivity index (χ4v) is 1.57. The van der Waals surface area contributed by atoms with E-state index in [9.17, 15) is 4.79 Å². The van der Waals surface area contributed by atoms with Crippen LogP contribution >= 0.6 is 11.8 Å². The van der Waals surface area contributed by atoms with E-state index in [1.807, 2.05) is 40.9 Å². The number of thioether (sulfide) groups is 1. The molecule has 0 aliphatic rings. The van der Waals surface area contributed by atoms with Crippen LogP contribution in [0.5, 0.6) is 0 Å². The van der Waals surface area contributed by atoms with Gasteiger partial charge in [-0.3, -0.25) is 4.79 Å². The van der Waals surface area contributed by atoms with Crippen LogP contribution in [0, 0.1) is 5.41 Å². The van der Waals surface area contributed by atoms with Crippen LogP contribution < -0.4 is 11.1 Å². The summed E-state index contributed by atoms with van der Waals surface area (Å²) in [5.41, 5.74) is 4.92. The third-order valence-electron chi connectivity index (χ3n) is 2.97. The Kier molecular flexibility index (Phi) is 5.14. The SMILES string of the molecule is CSCC(C)NC(=O)C(C)(C)C(C)(C)N. The third kappa shape index (κ3) is 4.03. The van der Waals surface area contributed by atoms with Gasteiger partial charge in [-0.05, 0) is 40.9 Å². The molecule has 0 saturated carbocycles. The highest BCUT2D eigenvalue weighted by Gasteiger charge is 2.40. The van der Waals surface area contributed by atoms with Crippen LogP contribution in [0.2, 0.25) is 0 Å². The summed E-state index contributed by atoms with van der Waals surface area (Å²) in [6.07, 6.45) is 2.03. The van der Waals surface area contributed by atoms with Crippen molar-refractivity contribution in [3.05, 3.63) is 0 Å². The summed E-state index contributed by atoms with van der Waals surface area (Å²) in [5.74, 6) is 0.948. The minimum Gasteiger partial charge on any atom is -0.352 e. The maximum atomic E-state index is 12.0. The van der Waals surface area contributed by atoms with Gasteiger partial charge < -0.3 is 11.1 Å². The Labute approximate surface area is 97.6 Å². The van der Waals surface area contributed by atoms with E-state index in [0.29, 0.717) is 0 Å². The molecule has 1 unspecified atom stereocenters. The highest BCUT2D eigenvalue weighted by molar-refractivity contribution is 7.98. The predicted molar refractivity (Wildman–Crippen MR) is 68.0 cm³/mol. The Morgan fingerprint density at radius 2 is 1.87 bits per heavy atom. The standard InChI is InChI=1S/C11H24N2OS/c1-8(7-15-6)13-9(14)10(2,3)11(4,5)12/h8H,7,12H2,1-6H3,(H,13,14). The molecule has 0 spiro atoms. The van der Waals surface area contributed by atoms with Gasteiger partial charge in [-0.2, -0.15) is 11.8 Å². The van der Waals surface area contributed by atoms with Crippen molar-refractivity contribution >= 4 is 17.7 Å². The van der Waals surface area contributed by atoms with Crippen LogP contribution in [0.3, 0.4) is 0 Å². The Morgan fingerprint density at radius 1 is 1.40 bits per heavy atom. The molecule has 0 heterocycles. The molecule has 0 fully saturated rings. The number of amides is 1. The van der Waals surface area contributed by atoms with E-state index in [-0.39, 0.29) is 11.9 Å². The first-order valence-corrected chi connectivity index (χ1v) is 6.61. The molecule has 1 atom stereocenters. The van der Waals surface area contributed by atoms with Crippen LogP contribution in [0.4, 0.5) is 0 Å². The maximum absolute atomic E-state index is 12.0. The largest absolute Gasteiger partial charge is 0.352 e. The smallest absolute Gasteiger partial charge is 0.227 e. The van der Waals surface area contributed by atoms with E-state index in [1.165, 1.54) is 0 Å². The van der Waals surface area contributed by atoms with E-state index in [2.05, 4.69) is 5.32 Å². The van der Waals surface area contributed by atoms with E-state index in [0.717, 1.165) is 5.75 Å². The van der Waals surface area contributed by atoms with Crippen LogP contribution in [-0.2, 0) is 4.79 Å². The van der Waals surface area contributed by atoms with E-state index < -0.39 is 11.0 Å². The molecule has 0 radical (unpaired) electrons. The fraction of sp³-hybridized carbons (Fsp3) is 0.909. The molecule has 1 amide bonds. The topological polar surface area (TPSA) is 55.1 Å². The van der Waals surface area contributed by atoms with Crippen LogP contribution in [0.15, 0.2) is 0 Å². The summed E-state index contributed by atoms with van der Waals surface area (Å²) in [6.45, 7) is 9.54. The van der Waals surface area contributed by atoms with Crippen molar-refractivity contribution in [3.8, 4) is 0 Å². The van der Waals surface area contributed by atoms with Gasteiger partial charge >= 0.3 is 0 Å². The lowest BCUT2D eigenvalue weighted by atomic mass is 9.74. The van der Waals surface area contributed by atoms with Gasteiger partial charge in [0, 0.05) is 17.3 Å². The molecule has 0 aromatic carbocycles. The second kappa shape index (κ2) is 5.21. The molecular formula is C11H24N2OS. The second-order valence-corrected chi connectivity index (χ2v) is 6.09. The van der Waals surface area contributed by atoms with Gasteiger partial charge in [0.1, 0.15) is 0 Å². The van der Waals surface area contributed by atoms with Gasteiger partial charge in [-0.25, -0.2) is 0 Å². The highest BCUT2D eigenvalue weighted by Crippen LogP contribution is 2.28. The number of nitrogens with one attached hydrogen (secondary N) is 1. The molecule has 0 bridgehead atoms. The summed E-state index contributed by atoms with van der Waals surface area (Å²) in [5, 5.41) is 2.99. The van der Waals surface area contributed by atoms with Crippen molar-refractivity contribution in [1.82, 2.24) is 5.32 Å². The Hall–Kier alpha value is -0.220. The minimum absolute atomic E-state index is 0.0246. The number of carbonyl (C=O) groups excluding carboxylic acids is 1. The average molecular weight is 232 g/mol. The van der Waals surface area contributed by atoms with Crippen LogP contribution in [0.1, 0.15) is 34.6 Å². The zero-order chi connectivity index (χ0) is 12.3. The summed E-state index contributed by atoms with van der Waals surface area (Å²) < 4.78 is 0. The Morgan fingerprint density at radius 3 is 2.20 bits per heavy atom. The van der Waals surface area contributed by atoms with Gasteiger partial charge in [0.15, 0.2) is 0 Å². The van der Waals surface area contributed by atoms with Crippen LogP contribution in [0.25, 0.3) is 0 Å². The number of hydrogen-bond acceptors (Lipinski definition) is 3. The number of rotatable bonds is 5. The van der Waals surface area contributed by atoms with Crippen molar-refractivity contribution in [1.29, 1.82) is 0 Å². The molecule has 0 aromatic heterocycles. The molecule has 0 saturated heterocycles. The van der Waals surface area contributed by atoms with Gasteiger partial charge in [0.05, 0.1) is 5.41 Å². The summed E-state index contributed by atoms with van der Waals surface area (Å²) in [4.78, 5) is 12.0.